The van der Waals surface area contributed by atoms with E-state index in [1.54, 1.807) is 6.07 Å². The average molecular weight is 391 g/mol. The minimum Gasteiger partial charge on any atom is -0.482 e. The van der Waals surface area contributed by atoms with Gasteiger partial charge in [0.1, 0.15) is 5.75 Å². The number of hydrazone groups is 1. The van der Waals surface area contributed by atoms with Gasteiger partial charge in [-0.25, -0.2) is 5.43 Å². The molecule has 0 spiro atoms. The van der Waals surface area contributed by atoms with Crippen molar-refractivity contribution in [3.63, 3.8) is 0 Å². The van der Waals surface area contributed by atoms with Crippen LogP contribution in [-0.2, 0) is 11.0 Å². The molecule has 0 aliphatic rings. The van der Waals surface area contributed by atoms with Crippen LogP contribution < -0.4 is 10.2 Å². The van der Waals surface area contributed by atoms with Gasteiger partial charge in [-0.15, -0.1) is 0 Å². The molecule has 132 valence electrons. The molecule has 0 atom stereocenters. The second kappa shape index (κ2) is 8.22. The lowest BCUT2D eigenvalue weighted by Gasteiger charge is -2.07. The van der Waals surface area contributed by atoms with Crippen molar-refractivity contribution in [2.24, 2.45) is 5.10 Å². The molecule has 2 aromatic carbocycles. The van der Waals surface area contributed by atoms with E-state index in [0.29, 0.717) is 5.02 Å². The molecule has 9 heteroatoms. The third-order valence-electron chi connectivity index (χ3n) is 2.87. The van der Waals surface area contributed by atoms with Gasteiger partial charge in [0.25, 0.3) is 5.91 Å². The van der Waals surface area contributed by atoms with Crippen LogP contribution >= 0.6 is 23.2 Å². The zero-order valence-electron chi connectivity index (χ0n) is 12.5. The highest BCUT2D eigenvalue weighted by molar-refractivity contribution is 6.35. The average Bonchev–Trinajstić information content (AvgIpc) is 2.53. The Hall–Kier alpha value is -2.25. The summed E-state index contributed by atoms with van der Waals surface area (Å²) in [6.45, 7) is -0.374. The number of halogens is 5. The van der Waals surface area contributed by atoms with E-state index in [1.165, 1.54) is 24.3 Å². The normalized spacial score (nSPS) is 11.6. The van der Waals surface area contributed by atoms with Crippen LogP contribution in [0.2, 0.25) is 10.0 Å². The fraction of sp³-hybridized carbons (Fsp3) is 0.125. The number of nitrogens with one attached hydrogen (secondary N) is 1. The lowest BCUT2D eigenvalue weighted by Crippen LogP contribution is -2.24. The van der Waals surface area contributed by atoms with Crippen molar-refractivity contribution in [1.82, 2.24) is 5.43 Å². The smallest absolute Gasteiger partial charge is 0.416 e. The molecule has 0 aliphatic carbocycles. The van der Waals surface area contributed by atoms with Gasteiger partial charge in [0.05, 0.1) is 16.8 Å². The van der Waals surface area contributed by atoms with Gasteiger partial charge in [-0.05, 0) is 35.9 Å². The van der Waals surface area contributed by atoms with E-state index in [4.69, 9.17) is 27.9 Å². The third-order valence-corrected chi connectivity index (χ3v) is 3.40. The third kappa shape index (κ3) is 5.95. The molecule has 0 fully saturated rings. The summed E-state index contributed by atoms with van der Waals surface area (Å²) < 4.78 is 43.0. The van der Waals surface area contributed by atoms with Gasteiger partial charge in [0.15, 0.2) is 6.61 Å². The predicted molar refractivity (Wildman–Crippen MR) is 89.1 cm³/mol. The van der Waals surface area contributed by atoms with Gasteiger partial charge >= 0.3 is 6.18 Å². The van der Waals surface area contributed by atoms with Gasteiger partial charge in [0, 0.05) is 5.02 Å². The van der Waals surface area contributed by atoms with Crippen molar-refractivity contribution < 1.29 is 22.7 Å². The second-order valence-electron chi connectivity index (χ2n) is 4.78. The molecule has 1 amide bonds. The maximum Gasteiger partial charge on any atom is 0.416 e. The molecule has 4 nitrogen and oxygen atoms in total. The van der Waals surface area contributed by atoms with Crippen molar-refractivity contribution in [3.8, 4) is 5.75 Å². The summed E-state index contributed by atoms with van der Waals surface area (Å²) in [7, 11) is 0. The van der Waals surface area contributed by atoms with Crippen molar-refractivity contribution in [1.29, 1.82) is 0 Å². The van der Waals surface area contributed by atoms with Crippen LogP contribution in [0.25, 0.3) is 0 Å². The molecule has 0 bridgehead atoms. The number of ether oxygens (including phenoxy) is 1. The van der Waals surface area contributed by atoms with E-state index in [-0.39, 0.29) is 22.9 Å². The zero-order valence-corrected chi connectivity index (χ0v) is 14.0. The Morgan fingerprint density at radius 1 is 1.20 bits per heavy atom. The Bertz CT molecular complexity index is 795. The van der Waals surface area contributed by atoms with Crippen molar-refractivity contribution in [2.75, 3.05) is 6.61 Å². The Morgan fingerprint density at radius 2 is 1.96 bits per heavy atom. The summed E-state index contributed by atoms with van der Waals surface area (Å²) in [6.07, 6.45) is -3.35. The number of amides is 1. The monoisotopic (exact) mass is 390 g/mol. The van der Waals surface area contributed by atoms with Crippen LogP contribution in [0, 0.1) is 0 Å². The topological polar surface area (TPSA) is 50.7 Å². The number of nitrogens with zero attached hydrogens (tertiary/aromatic N) is 1. The Kier molecular flexibility index (Phi) is 6.27. The maximum atomic E-state index is 12.6. The zero-order chi connectivity index (χ0) is 18.4. The SMILES string of the molecule is O=C(COc1ccc(Cl)cc1Cl)N/N=C/c1cccc(C(F)(F)F)c1. The predicted octanol–water partition coefficient (Wildman–Crippen LogP) is 4.54. The number of carbonyl (C=O) groups excluding carboxylic acids is 1. The van der Waals surface area contributed by atoms with Gasteiger partial charge in [-0.2, -0.15) is 18.3 Å². The largest absolute Gasteiger partial charge is 0.482 e. The fourth-order valence-electron chi connectivity index (χ4n) is 1.74. The van der Waals surface area contributed by atoms with Gasteiger partial charge in [-0.1, -0.05) is 35.3 Å². The van der Waals surface area contributed by atoms with Crippen molar-refractivity contribution in [2.45, 2.75) is 6.18 Å². The van der Waals surface area contributed by atoms with Crippen molar-refractivity contribution >= 4 is 35.3 Å². The molecule has 0 radical (unpaired) electrons. The van der Waals surface area contributed by atoms with Crippen LogP contribution in [0.4, 0.5) is 13.2 Å². The van der Waals surface area contributed by atoms with Crippen LogP contribution in [0.15, 0.2) is 47.6 Å². The number of rotatable bonds is 5. The molecule has 0 aromatic heterocycles. The number of hydrogen-bond acceptors (Lipinski definition) is 3. The number of benzene rings is 2. The Balaban J connectivity index is 1.88. The first-order valence-corrected chi connectivity index (χ1v) is 7.58. The molecule has 1 N–H and O–H groups in total. The van der Waals surface area contributed by atoms with Crippen molar-refractivity contribution in [3.05, 3.63) is 63.6 Å². The second-order valence-corrected chi connectivity index (χ2v) is 5.62. The molecule has 2 aromatic rings. The molecule has 0 saturated heterocycles. The minimum atomic E-state index is -4.45. The first-order valence-electron chi connectivity index (χ1n) is 6.83. The Labute approximate surface area is 151 Å². The molecular formula is C16H11Cl2F3N2O2. The number of hydrogen-bond donors (Lipinski definition) is 1. The molecule has 0 aliphatic heterocycles. The van der Waals surface area contributed by atoms with Gasteiger partial charge in [0.2, 0.25) is 0 Å². The first kappa shape index (κ1) is 19.1. The van der Waals surface area contributed by atoms with E-state index in [9.17, 15) is 18.0 Å². The minimum absolute atomic E-state index is 0.191. The summed E-state index contributed by atoms with van der Waals surface area (Å²) in [4.78, 5) is 11.6. The Morgan fingerprint density at radius 3 is 2.64 bits per heavy atom. The summed E-state index contributed by atoms with van der Waals surface area (Å²) >= 11 is 11.6. The quantitative estimate of drug-likeness (QED) is 0.601. The number of alkyl halides is 3. The standard InChI is InChI=1S/C16H11Cl2F3N2O2/c17-12-4-5-14(13(18)7-12)25-9-15(24)23-22-8-10-2-1-3-11(6-10)16(19,20)21/h1-8H,9H2,(H,23,24)/b22-8+. The summed E-state index contributed by atoms with van der Waals surface area (Å²) in [5, 5.41) is 4.25. The van der Waals surface area contributed by atoms with E-state index < -0.39 is 17.6 Å². The summed E-state index contributed by atoms with van der Waals surface area (Å²) in [5.41, 5.74) is 1.53. The maximum absolute atomic E-state index is 12.6. The molecule has 0 unspecified atom stereocenters. The molecule has 2 rings (SSSR count). The van der Waals surface area contributed by atoms with Gasteiger partial charge < -0.3 is 4.74 Å². The van der Waals surface area contributed by atoms with E-state index in [2.05, 4.69) is 10.5 Å². The highest BCUT2D eigenvalue weighted by atomic mass is 35.5. The highest BCUT2D eigenvalue weighted by Gasteiger charge is 2.30. The van der Waals surface area contributed by atoms with E-state index >= 15 is 0 Å². The lowest BCUT2D eigenvalue weighted by atomic mass is 10.1. The first-order chi connectivity index (χ1) is 11.8. The fourth-order valence-corrected chi connectivity index (χ4v) is 2.20. The number of carbonyl (C=O) groups is 1. The molecule has 0 heterocycles. The van der Waals surface area contributed by atoms with Crippen LogP contribution in [0.1, 0.15) is 11.1 Å². The molecule has 0 saturated carbocycles. The summed E-state index contributed by atoms with van der Waals surface area (Å²) in [5.74, 6) is -0.336. The van der Waals surface area contributed by atoms with E-state index in [0.717, 1.165) is 18.3 Å². The van der Waals surface area contributed by atoms with Crippen LogP contribution in [-0.4, -0.2) is 18.7 Å². The van der Waals surface area contributed by atoms with Crippen LogP contribution in [0.3, 0.4) is 0 Å². The summed E-state index contributed by atoms with van der Waals surface area (Å²) in [6, 6.07) is 9.05. The van der Waals surface area contributed by atoms with Crippen LogP contribution in [0.5, 0.6) is 5.75 Å². The van der Waals surface area contributed by atoms with E-state index in [1.807, 2.05) is 0 Å². The molecule has 25 heavy (non-hydrogen) atoms. The highest BCUT2D eigenvalue weighted by Crippen LogP contribution is 2.29. The lowest BCUT2D eigenvalue weighted by molar-refractivity contribution is -0.137. The molecular weight excluding hydrogens is 380 g/mol. The van der Waals surface area contributed by atoms with Gasteiger partial charge in [-0.3, -0.25) is 4.79 Å².